The molecule has 6 nitrogen and oxygen atoms in total. The number of amides is 1. The monoisotopic (exact) mass is 346 g/mol. The van der Waals surface area contributed by atoms with Gasteiger partial charge in [-0.25, -0.2) is 4.98 Å². The number of carbonyl (C=O) groups excluding carboxylic acids is 1. The lowest BCUT2D eigenvalue weighted by atomic mass is 10.2. The van der Waals surface area contributed by atoms with Gasteiger partial charge in [0.2, 0.25) is 5.89 Å². The van der Waals surface area contributed by atoms with E-state index in [2.05, 4.69) is 15.4 Å². The average molecular weight is 346 g/mol. The number of oxazole rings is 1. The SMILES string of the molecule is CCn1nc(C)cc1C(=O)Nc1ccc(-c2nc3ccccc3o2)cc1. The maximum absolute atomic E-state index is 12.5. The quantitative estimate of drug-likeness (QED) is 0.599. The summed E-state index contributed by atoms with van der Waals surface area (Å²) in [5.74, 6) is 0.380. The van der Waals surface area contributed by atoms with Crippen molar-refractivity contribution < 1.29 is 9.21 Å². The number of benzene rings is 2. The van der Waals surface area contributed by atoms with Gasteiger partial charge in [-0.1, -0.05) is 12.1 Å². The Hall–Kier alpha value is -3.41. The maximum atomic E-state index is 12.5. The molecule has 0 saturated heterocycles. The lowest BCUT2D eigenvalue weighted by Gasteiger charge is -2.07. The van der Waals surface area contributed by atoms with Gasteiger partial charge in [0.1, 0.15) is 11.2 Å². The molecule has 0 aliphatic heterocycles. The summed E-state index contributed by atoms with van der Waals surface area (Å²) in [5.41, 5.74) is 4.51. The van der Waals surface area contributed by atoms with Crippen LogP contribution in [0.1, 0.15) is 23.1 Å². The molecule has 0 saturated carbocycles. The molecular weight excluding hydrogens is 328 g/mol. The minimum absolute atomic E-state index is 0.179. The fraction of sp³-hybridized carbons (Fsp3) is 0.150. The second kappa shape index (κ2) is 6.48. The molecule has 0 radical (unpaired) electrons. The minimum atomic E-state index is -0.179. The van der Waals surface area contributed by atoms with Crippen LogP contribution >= 0.6 is 0 Å². The Morgan fingerprint density at radius 3 is 2.65 bits per heavy atom. The molecule has 130 valence electrons. The van der Waals surface area contributed by atoms with E-state index in [1.54, 1.807) is 10.7 Å². The molecule has 2 heterocycles. The van der Waals surface area contributed by atoms with Crippen LogP contribution in [0.25, 0.3) is 22.6 Å². The highest BCUT2D eigenvalue weighted by Crippen LogP contribution is 2.25. The molecule has 1 amide bonds. The number of fused-ring (bicyclic) bond motifs is 1. The second-order valence-electron chi connectivity index (χ2n) is 6.00. The number of carbonyl (C=O) groups is 1. The van der Waals surface area contributed by atoms with E-state index in [4.69, 9.17) is 4.42 Å². The first-order valence-electron chi connectivity index (χ1n) is 8.46. The van der Waals surface area contributed by atoms with Crippen LogP contribution in [0.15, 0.2) is 59.0 Å². The number of aromatic nitrogens is 3. The number of aryl methyl sites for hydroxylation is 2. The van der Waals surface area contributed by atoms with Crippen molar-refractivity contribution in [1.29, 1.82) is 0 Å². The number of nitrogens with zero attached hydrogens (tertiary/aromatic N) is 3. The van der Waals surface area contributed by atoms with Gasteiger partial charge in [0.25, 0.3) is 5.91 Å². The van der Waals surface area contributed by atoms with Crippen molar-refractivity contribution in [2.45, 2.75) is 20.4 Å². The van der Waals surface area contributed by atoms with Gasteiger partial charge in [-0.05, 0) is 56.3 Å². The van der Waals surface area contributed by atoms with Gasteiger partial charge in [-0.3, -0.25) is 9.48 Å². The molecular formula is C20H18N4O2. The van der Waals surface area contributed by atoms with Crippen molar-refractivity contribution in [3.63, 3.8) is 0 Å². The van der Waals surface area contributed by atoms with E-state index >= 15 is 0 Å². The standard InChI is InChI=1S/C20H18N4O2/c1-3-24-17(12-13(2)23-24)19(25)21-15-10-8-14(9-11-15)20-22-16-6-4-5-7-18(16)26-20/h4-12H,3H2,1-2H3,(H,21,25). The summed E-state index contributed by atoms with van der Waals surface area (Å²) in [6.07, 6.45) is 0. The number of para-hydroxylation sites is 2. The van der Waals surface area contributed by atoms with E-state index in [0.29, 0.717) is 23.8 Å². The summed E-state index contributed by atoms with van der Waals surface area (Å²) in [5, 5.41) is 7.20. The molecule has 0 bridgehead atoms. The van der Waals surface area contributed by atoms with Gasteiger partial charge in [-0.15, -0.1) is 0 Å². The lowest BCUT2D eigenvalue weighted by molar-refractivity contribution is 0.101. The minimum Gasteiger partial charge on any atom is -0.436 e. The van der Waals surface area contributed by atoms with Gasteiger partial charge < -0.3 is 9.73 Å². The molecule has 0 atom stereocenters. The first-order valence-corrected chi connectivity index (χ1v) is 8.46. The Labute approximate surface area is 150 Å². The van der Waals surface area contributed by atoms with Crippen LogP contribution in [0, 0.1) is 6.92 Å². The van der Waals surface area contributed by atoms with Crippen molar-refractivity contribution in [2.24, 2.45) is 0 Å². The van der Waals surface area contributed by atoms with E-state index in [1.807, 2.05) is 62.4 Å². The van der Waals surface area contributed by atoms with Crippen molar-refractivity contribution in [2.75, 3.05) is 5.32 Å². The summed E-state index contributed by atoms with van der Waals surface area (Å²) < 4.78 is 7.46. The van der Waals surface area contributed by atoms with E-state index in [-0.39, 0.29) is 5.91 Å². The Morgan fingerprint density at radius 2 is 1.92 bits per heavy atom. The molecule has 4 aromatic rings. The van der Waals surface area contributed by atoms with Gasteiger partial charge in [0, 0.05) is 17.8 Å². The summed E-state index contributed by atoms with van der Waals surface area (Å²) >= 11 is 0. The highest BCUT2D eigenvalue weighted by Gasteiger charge is 2.14. The van der Waals surface area contributed by atoms with Crippen LogP contribution in [0.3, 0.4) is 0 Å². The van der Waals surface area contributed by atoms with E-state index in [1.165, 1.54) is 0 Å². The molecule has 2 aromatic heterocycles. The van der Waals surface area contributed by atoms with Crippen molar-refractivity contribution in [1.82, 2.24) is 14.8 Å². The molecule has 0 aliphatic carbocycles. The van der Waals surface area contributed by atoms with Crippen LogP contribution in [0.4, 0.5) is 5.69 Å². The smallest absolute Gasteiger partial charge is 0.273 e. The van der Waals surface area contributed by atoms with Gasteiger partial charge in [0.15, 0.2) is 5.58 Å². The summed E-state index contributed by atoms with van der Waals surface area (Å²) in [6.45, 7) is 4.48. The molecule has 6 heteroatoms. The molecule has 26 heavy (non-hydrogen) atoms. The normalized spacial score (nSPS) is 11.0. The van der Waals surface area contributed by atoms with Crippen molar-refractivity contribution in [3.8, 4) is 11.5 Å². The van der Waals surface area contributed by atoms with E-state index < -0.39 is 0 Å². The molecule has 0 fully saturated rings. The van der Waals surface area contributed by atoms with Crippen molar-refractivity contribution in [3.05, 3.63) is 66.0 Å². The first kappa shape index (κ1) is 16.1. The summed E-state index contributed by atoms with van der Waals surface area (Å²) in [7, 11) is 0. The first-order chi connectivity index (χ1) is 12.6. The number of anilines is 1. The third kappa shape index (κ3) is 2.97. The highest BCUT2D eigenvalue weighted by atomic mass is 16.3. The van der Waals surface area contributed by atoms with Gasteiger partial charge in [-0.2, -0.15) is 5.10 Å². The zero-order valence-corrected chi connectivity index (χ0v) is 14.6. The van der Waals surface area contributed by atoms with E-state index in [9.17, 15) is 4.79 Å². The predicted octanol–water partition coefficient (Wildman–Crippen LogP) is 4.27. The zero-order chi connectivity index (χ0) is 18.1. The third-order valence-electron chi connectivity index (χ3n) is 4.12. The Morgan fingerprint density at radius 1 is 1.15 bits per heavy atom. The van der Waals surface area contributed by atoms with Crippen LogP contribution < -0.4 is 5.32 Å². The maximum Gasteiger partial charge on any atom is 0.273 e. The van der Waals surface area contributed by atoms with Gasteiger partial charge >= 0.3 is 0 Å². The van der Waals surface area contributed by atoms with E-state index in [0.717, 1.165) is 22.4 Å². The molecule has 0 aliphatic rings. The van der Waals surface area contributed by atoms with Crippen molar-refractivity contribution >= 4 is 22.7 Å². The van der Waals surface area contributed by atoms with Gasteiger partial charge in [0.05, 0.1) is 5.69 Å². The number of rotatable bonds is 4. The Balaban J connectivity index is 1.55. The van der Waals surface area contributed by atoms with Crippen LogP contribution in [0.2, 0.25) is 0 Å². The average Bonchev–Trinajstić information content (AvgIpc) is 3.25. The Kier molecular flexibility index (Phi) is 4.01. The third-order valence-corrected chi connectivity index (χ3v) is 4.12. The molecule has 0 unspecified atom stereocenters. The fourth-order valence-corrected chi connectivity index (χ4v) is 2.86. The predicted molar refractivity (Wildman–Crippen MR) is 100 cm³/mol. The summed E-state index contributed by atoms with van der Waals surface area (Å²) in [6, 6.07) is 16.9. The molecule has 2 aromatic carbocycles. The second-order valence-corrected chi connectivity index (χ2v) is 6.00. The number of hydrogen-bond donors (Lipinski definition) is 1. The van der Waals surface area contributed by atoms with Crippen LogP contribution in [0.5, 0.6) is 0 Å². The molecule has 1 N–H and O–H groups in total. The van der Waals surface area contributed by atoms with Crippen LogP contribution in [-0.4, -0.2) is 20.7 Å². The molecule has 0 spiro atoms. The zero-order valence-electron chi connectivity index (χ0n) is 14.6. The topological polar surface area (TPSA) is 73.0 Å². The number of nitrogens with one attached hydrogen (secondary N) is 1. The lowest BCUT2D eigenvalue weighted by Crippen LogP contribution is -2.17. The molecule has 4 rings (SSSR count). The highest BCUT2D eigenvalue weighted by molar-refractivity contribution is 6.03. The fourth-order valence-electron chi connectivity index (χ4n) is 2.86. The largest absolute Gasteiger partial charge is 0.436 e. The number of hydrogen-bond acceptors (Lipinski definition) is 4. The van der Waals surface area contributed by atoms with Crippen LogP contribution in [-0.2, 0) is 6.54 Å². The Bertz CT molecular complexity index is 1040. The summed E-state index contributed by atoms with van der Waals surface area (Å²) in [4.78, 5) is 17.0.